The van der Waals surface area contributed by atoms with Gasteiger partial charge in [-0.05, 0) is 40.8 Å². The lowest BCUT2D eigenvalue weighted by Gasteiger charge is -2.19. The fourth-order valence-electron chi connectivity index (χ4n) is 1.92. The van der Waals surface area contributed by atoms with Crippen molar-refractivity contribution in [2.75, 3.05) is 0 Å². The maximum Gasteiger partial charge on any atom is 0.128 e. The lowest BCUT2D eigenvalue weighted by Crippen LogP contribution is -2.10. The van der Waals surface area contributed by atoms with Crippen LogP contribution in [-0.2, 0) is 12.0 Å². The predicted molar refractivity (Wildman–Crippen MR) is 84.6 cm³/mol. The van der Waals surface area contributed by atoms with Gasteiger partial charge in [-0.2, -0.15) is 0 Å². The molecular formula is C17H20ClNO. The van der Waals surface area contributed by atoms with Gasteiger partial charge in [0.1, 0.15) is 11.5 Å². The van der Waals surface area contributed by atoms with Crippen LogP contribution in [0.15, 0.2) is 42.5 Å². The fourth-order valence-corrected chi connectivity index (χ4v) is 2.17. The van der Waals surface area contributed by atoms with Crippen LogP contribution in [-0.4, -0.2) is 0 Å². The molecule has 0 spiro atoms. The molecule has 0 aliphatic rings. The van der Waals surface area contributed by atoms with Gasteiger partial charge < -0.3 is 10.5 Å². The highest BCUT2D eigenvalue weighted by Gasteiger charge is 2.14. The van der Waals surface area contributed by atoms with E-state index in [1.165, 1.54) is 5.56 Å². The van der Waals surface area contributed by atoms with E-state index < -0.39 is 0 Å². The van der Waals surface area contributed by atoms with Crippen molar-refractivity contribution in [1.82, 2.24) is 0 Å². The molecule has 3 heteroatoms. The SMILES string of the molecule is CC(C)(C)c1cccc(Oc2ccc(CN)c(Cl)c2)c1. The zero-order valence-corrected chi connectivity index (χ0v) is 12.9. The zero-order valence-electron chi connectivity index (χ0n) is 12.1. The van der Waals surface area contributed by atoms with E-state index in [-0.39, 0.29) is 5.41 Å². The van der Waals surface area contributed by atoms with Crippen LogP contribution in [0.5, 0.6) is 11.5 Å². The molecule has 0 aliphatic heterocycles. The second-order valence-electron chi connectivity index (χ2n) is 5.84. The van der Waals surface area contributed by atoms with E-state index in [9.17, 15) is 0 Å². The minimum absolute atomic E-state index is 0.0976. The first-order valence-corrected chi connectivity index (χ1v) is 7.05. The third-order valence-electron chi connectivity index (χ3n) is 3.18. The summed E-state index contributed by atoms with van der Waals surface area (Å²) in [6.45, 7) is 6.97. The molecular weight excluding hydrogens is 270 g/mol. The van der Waals surface area contributed by atoms with Gasteiger partial charge in [-0.3, -0.25) is 0 Å². The van der Waals surface area contributed by atoms with Gasteiger partial charge in [0, 0.05) is 11.6 Å². The van der Waals surface area contributed by atoms with E-state index in [2.05, 4.69) is 32.9 Å². The Morgan fingerprint density at radius 3 is 2.35 bits per heavy atom. The second kappa shape index (κ2) is 5.86. The predicted octanol–water partition coefficient (Wildman–Crippen LogP) is 4.89. The number of nitrogens with two attached hydrogens (primary N) is 1. The van der Waals surface area contributed by atoms with Gasteiger partial charge in [0.05, 0.1) is 0 Å². The van der Waals surface area contributed by atoms with Crippen molar-refractivity contribution in [3.63, 3.8) is 0 Å². The molecule has 20 heavy (non-hydrogen) atoms. The smallest absolute Gasteiger partial charge is 0.128 e. The standard InChI is InChI=1S/C17H20ClNO/c1-17(2,3)13-5-4-6-14(9-13)20-15-8-7-12(11-19)16(18)10-15/h4-10H,11,19H2,1-3H3. The first kappa shape index (κ1) is 14.9. The molecule has 2 nitrogen and oxygen atoms in total. The first-order chi connectivity index (χ1) is 9.40. The Morgan fingerprint density at radius 2 is 1.75 bits per heavy atom. The van der Waals surface area contributed by atoms with Gasteiger partial charge in [-0.15, -0.1) is 0 Å². The minimum Gasteiger partial charge on any atom is -0.457 e. The second-order valence-corrected chi connectivity index (χ2v) is 6.24. The van der Waals surface area contributed by atoms with Crippen molar-refractivity contribution in [1.29, 1.82) is 0 Å². The monoisotopic (exact) mass is 289 g/mol. The van der Waals surface area contributed by atoms with Gasteiger partial charge in [0.15, 0.2) is 0 Å². The summed E-state index contributed by atoms with van der Waals surface area (Å²) in [5, 5.41) is 0.636. The number of halogens is 1. The van der Waals surface area contributed by atoms with Crippen molar-refractivity contribution in [2.45, 2.75) is 32.7 Å². The van der Waals surface area contributed by atoms with E-state index in [1.54, 1.807) is 6.07 Å². The van der Waals surface area contributed by atoms with Crippen molar-refractivity contribution < 1.29 is 4.74 Å². The highest BCUT2D eigenvalue weighted by molar-refractivity contribution is 6.31. The maximum absolute atomic E-state index is 6.14. The van der Waals surface area contributed by atoms with Crippen LogP contribution >= 0.6 is 11.6 Å². The summed E-state index contributed by atoms with van der Waals surface area (Å²) < 4.78 is 5.87. The van der Waals surface area contributed by atoms with Gasteiger partial charge in [-0.25, -0.2) is 0 Å². The minimum atomic E-state index is 0.0976. The molecule has 0 radical (unpaired) electrons. The summed E-state index contributed by atoms with van der Waals surface area (Å²) >= 11 is 6.14. The van der Waals surface area contributed by atoms with Crippen LogP contribution in [0, 0.1) is 0 Å². The summed E-state index contributed by atoms with van der Waals surface area (Å²) in [5.41, 5.74) is 7.85. The quantitative estimate of drug-likeness (QED) is 0.873. The number of benzene rings is 2. The van der Waals surface area contributed by atoms with Crippen molar-refractivity contribution in [3.8, 4) is 11.5 Å². The molecule has 2 aromatic carbocycles. The van der Waals surface area contributed by atoms with Gasteiger partial charge in [0.2, 0.25) is 0 Å². The molecule has 0 saturated carbocycles. The van der Waals surface area contributed by atoms with Crippen LogP contribution in [0.3, 0.4) is 0 Å². The third kappa shape index (κ3) is 3.53. The zero-order chi connectivity index (χ0) is 14.8. The Bertz CT molecular complexity index is 602. The molecule has 0 bridgehead atoms. The Labute approximate surface area is 125 Å². The summed E-state index contributed by atoms with van der Waals surface area (Å²) in [7, 11) is 0. The Kier molecular flexibility index (Phi) is 4.36. The third-order valence-corrected chi connectivity index (χ3v) is 3.53. The largest absolute Gasteiger partial charge is 0.457 e. The molecule has 0 aliphatic carbocycles. The molecule has 0 atom stereocenters. The van der Waals surface area contributed by atoms with E-state index in [0.717, 1.165) is 17.1 Å². The Balaban J connectivity index is 2.24. The summed E-state index contributed by atoms with van der Waals surface area (Å²) in [5.74, 6) is 1.53. The van der Waals surface area contributed by atoms with Gasteiger partial charge in [-0.1, -0.05) is 50.6 Å². The first-order valence-electron chi connectivity index (χ1n) is 6.67. The van der Waals surface area contributed by atoms with E-state index in [1.807, 2.05) is 24.3 Å². The average Bonchev–Trinajstić information content (AvgIpc) is 2.38. The van der Waals surface area contributed by atoms with Gasteiger partial charge >= 0.3 is 0 Å². The van der Waals surface area contributed by atoms with E-state index in [0.29, 0.717) is 11.6 Å². The number of hydrogen-bond donors (Lipinski definition) is 1. The highest BCUT2D eigenvalue weighted by Crippen LogP contribution is 2.30. The van der Waals surface area contributed by atoms with Crippen LogP contribution in [0.4, 0.5) is 0 Å². The summed E-state index contributed by atoms with van der Waals surface area (Å²) in [4.78, 5) is 0. The lowest BCUT2D eigenvalue weighted by atomic mass is 9.87. The van der Waals surface area contributed by atoms with Gasteiger partial charge in [0.25, 0.3) is 0 Å². The number of rotatable bonds is 3. The lowest BCUT2D eigenvalue weighted by molar-refractivity contribution is 0.478. The summed E-state index contributed by atoms with van der Waals surface area (Å²) in [6.07, 6.45) is 0. The molecule has 2 rings (SSSR count). The van der Waals surface area contributed by atoms with Crippen LogP contribution in [0.25, 0.3) is 0 Å². The molecule has 0 saturated heterocycles. The molecule has 0 aromatic heterocycles. The van der Waals surface area contributed by atoms with Crippen molar-refractivity contribution in [2.24, 2.45) is 5.73 Å². The Morgan fingerprint density at radius 1 is 1.05 bits per heavy atom. The molecule has 106 valence electrons. The van der Waals surface area contributed by atoms with Crippen LogP contribution in [0.2, 0.25) is 5.02 Å². The van der Waals surface area contributed by atoms with Crippen LogP contribution in [0.1, 0.15) is 31.9 Å². The van der Waals surface area contributed by atoms with E-state index in [4.69, 9.17) is 22.1 Å². The van der Waals surface area contributed by atoms with Crippen molar-refractivity contribution in [3.05, 3.63) is 58.6 Å². The molecule has 0 heterocycles. The Hall–Kier alpha value is -1.51. The molecule has 2 N–H and O–H groups in total. The fraction of sp³-hybridized carbons (Fsp3) is 0.294. The number of hydrogen-bond acceptors (Lipinski definition) is 2. The topological polar surface area (TPSA) is 35.2 Å². The molecule has 2 aromatic rings. The normalized spacial score (nSPS) is 11.4. The van der Waals surface area contributed by atoms with Crippen LogP contribution < -0.4 is 10.5 Å². The summed E-state index contributed by atoms with van der Waals surface area (Å²) in [6, 6.07) is 13.7. The number of ether oxygens (including phenoxy) is 1. The molecule has 0 fully saturated rings. The molecule has 0 amide bonds. The highest BCUT2D eigenvalue weighted by atomic mass is 35.5. The van der Waals surface area contributed by atoms with Crippen molar-refractivity contribution >= 4 is 11.6 Å². The maximum atomic E-state index is 6.14. The average molecular weight is 290 g/mol. The van der Waals surface area contributed by atoms with E-state index >= 15 is 0 Å². The molecule has 0 unspecified atom stereocenters.